The third kappa shape index (κ3) is 6.38. The summed E-state index contributed by atoms with van der Waals surface area (Å²) in [5, 5.41) is 3.03. The van der Waals surface area contributed by atoms with Gasteiger partial charge in [-0.15, -0.1) is 0 Å². The minimum atomic E-state index is 0.274. The molecule has 0 aromatic heterocycles. The quantitative estimate of drug-likeness (QED) is 0.435. The molecule has 0 saturated heterocycles. The van der Waals surface area contributed by atoms with Crippen molar-refractivity contribution < 1.29 is 4.79 Å². The lowest BCUT2D eigenvalue weighted by molar-refractivity contribution is -0.121. The normalized spacial score (nSPS) is 16.9. The van der Waals surface area contributed by atoms with Crippen LogP contribution in [0.3, 0.4) is 0 Å². The molecular formula is C12H22INO. The number of halogens is 1. The molecule has 1 fully saturated rings. The Morgan fingerprint density at radius 1 is 1.20 bits per heavy atom. The van der Waals surface area contributed by atoms with Gasteiger partial charge in [-0.2, -0.15) is 0 Å². The predicted octanol–water partition coefficient (Wildman–Crippen LogP) is 3.29. The van der Waals surface area contributed by atoms with Crippen molar-refractivity contribution in [2.75, 3.05) is 11.0 Å². The van der Waals surface area contributed by atoms with Crippen molar-refractivity contribution in [1.82, 2.24) is 5.32 Å². The average Bonchev–Trinajstić information content (AvgIpc) is 2.70. The van der Waals surface area contributed by atoms with Crippen LogP contribution in [0.2, 0.25) is 0 Å². The zero-order valence-corrected chi connectivity index (χ0v) is 11.6. The first-order valence-corrected chi connectivity index (χ1v) is 7.68. The molecule has 0 aromatic rings. The second kappa shape index (κ2) is 8.36. The molecular weight excluding hydrogens is 301 g/mol. The number of nitrogens with one attached hydrogen (secondary N) is 1. The van der Waals surface area contributed by atoms with Gasteiger partial charge in [0.15, 0.2) is 0 Å². The Hall–Kier alpha value is 0.200. The highest BCUT2D eigenvalue weighted by molar-refractivity contribution is 14.1. The summed E-state index contributed by atoms with van der Waals surface area (Å²) in [4.78, 5) is 11.5. The van der Waals surface area contributed by atoms with Gasteiger partial charge >= 0.3 is 0 Å². The van der Waals surface area contributed by atoms with Crippen molar-refractivity contribution in [3.63, 3.8) is 0 Å². The topological polar surface area (TPSA) is 29.1 Å². The van der Waals surface area contributed by atoms with Gasteiger partial charge in [-0.05, 0) is 36.0 Å². The summed E-state index contributed by atoms with van der Waals surface area (Å²) in [6.45, 7) is 0.877. The van der Waals surface area contributed by atoms with Crippen LogP contribution in [0.1, 0.15) is 51.4 Å². The smallest absolute Gasteiger partial charge is 0.220 e. The van der Waals surface area contributed by atoms with Crippen molar-refractivity contribution in [3.8, 4) is 0 Å². The Labute approximate surface area is 107 Å². The maximum Gasteiger partial charge on any atom is 0.220 e. The zero-order valence-electron chi connectivity index (χ0n) is 9.43. The van der Waals surface area contributed by atoms with Crippen molar-refractivity contribution in [1.29, 1.82) is 0 Å². The van der Waals surface area contributed by atoms with Gasteiger partial charge in [0.05, 0.1) is 0 Å². The Morgan fingerprint density at radius 3 is 2.60 bits per heavy atom. The number of unbranched alkanes of at least 4 members (excludes halogenated alkanes) is 2. The predicted molar refractivity (Wildman–Crippen MR) is 72.3 cm³/mol. The Bertz CT molecular complexity index is 178. The maximum atomic E-state index is 11.5. The fourth-order valence-electron chi connectivity index (χ4n) is 2.17. The molecule has 0 atom stereocenters. The first-order valence-electron chi connectivity index (χ1n) is 6.15. The van der Waals surface area contributed by atoms with Crippen molar-refractivity contribution in [3.05, 3.63) is 0 Å². The molecule has 1 amide bonds. The number of amides is 1. The van der Waals surface area contributed by atoms with Crippen LogP contribution in [-0.2, 0) is 4.79 Å². The summed E-state index contributed by atoms with van der Waals surface area (Å²) >= 11 is 2.40. The highest BCUT2D eigenvalue weighted by Crippen LogP contribution is 2.27. The van der Waals surface area contributed by atoms with Crippen molar-refractivity contribution in [2.45, 2.75) is 51.4 Å². The third-order valence-electron chi connectivity index (χ3n) is 3.08. The van der Waals surface area contributed by atoms with Gasteiger partial charge < -0.3 is 5.32 Å². The molecule has 3 heteroatoms. The van der Waals surface area contributed by atoms with Crippen LogP contribution in [0.4, 0.5) is 0 Å². The number of carbonyl (C=O) groups is 1. The van der Waals surface area contributed by atoms with Gasteiger partial charge in [0.1, 0.15) is 0 Å². The summed E-state index contributed by atoms with van der Waals surface area (Å²) in [6.07, 6.45) is 9.61. The van der Waals surface area contributed by atoms with Gasteiger partial charge in [-0.3, -0.25) is 4.79 Å². The first-order chi connectivity index (χ1) is 7.33. The molecule has 0 unspecified atom stereocenters. The van der Waals surface area contributed by atoms with Crippen molar-refractivity contribution in [2.24, 2.45) is 5.92 Å². The molecule has 2 nitrogen and oxygen atoms in total. The molecule has 0 spiro atoms. The molecule has 1 N–H and O–H groups in total. The standard InChI is InChI=1S/C12H22INO/c13-8-4-1-5-9-14-12(15)10-11-6-2-3-7-11/h11H,1-10H2,(H,14,15). The Balaban J connectivity index is 1.93. The van der Waals surface area contributed by atoms with E-state index < -0.39 is 0 Å². The minimum absolute atomic E-state index is 0.274. The fourth-order valence-corrected chi connectivity index (χ4v) is 2.71. The number of carbonyl (C=O) groups excluding carboxylic acids is 1. The molecule has 1 aliphatic rings. The molecule has 1 rings (SSSR count). The largest absolute Gasteiger partial charge is 0.356 e. The Kier molecular flexibility index (Phi) is 7.40. The van der Waals surface area contributed by atoms with Crippen LogP contribution in [0, 0.1) is 5.92 Å². The van der Waals surface area contributed by atoms with E-state index in [1.54, 1.807) is 0 Å². The van der Waals surface area contributed by atoms with E-state index in [4.69, 9.17) is 0 Å². The number of hydrogen-bond acceptors (Lipinski definition) is 1. The average molecular weight is 323 g/mol. The summed E-state index contributed by atoms with van der Waals surface area (Å²) < 4.78 is 1.23. The van der Waals surface area contributed by atoms with E-state index in [9.17, 15) is 4.79 Å². The van der Waals surface area contributed by atoms with Gasteiger partial charge in [-0.1, -0.05) is 41.9 Å². The summed E-state index contributed by atoms with van der Waals surface area (Å²) in [5.74, 6) is 0.954. The zero-order chi connectivity index (χ0) is 10.9. The van der Waals surface area contributed by atoms with E-state index in [0.29, 0.717) is 5.92 Å². The third-order valence-corrected chi connectivity index (χ3v) is 3.84. The van der Waals surface area contributed by atoms with Crippen molar-refractivity contribution >= 4 is 28.5 Å². The minimum Gasteiger partial charge on any atom is -0.356 e. The molecule has 0 radical (unpaired) electrons. The highest BCUT2D eigenvalue weighted by Gasteiger charge is 2.17. The Morgan fingerprint density at radius 2 is 1.93 bits per heavy atom. The van der Waals surface area contributed by atoms with Crippen LogP contribution < -0.4 is 5.32 Å². The van der Waals surface area contributed by atoms with Crippen LogP contribution in [-0.4, -0.2) is 16.9 Å². The molecule has 0 aliphatic heterocycles. The first kappa shape index (κ1) is 13.3. The molecule has 1 saturated carbocycles. The van der Waals surface area contributed by atoms with Gasteiger partial charge in [-0.25, -0.2) is 0 Å². The molecule has 88 valence electrons. The van der Waals surface area contributed by atoms with E-state index in [1.807, 2.05) is 0 Å². The molecule has 1 aliphatic carbocycles. The van der Waals surface area contributed by atoms with E-state index >= 15 is 0 Å². The number of alkyl halides is 1. The summed E-state index contributed by atoms with van der Waals surface area (Å²) in [6, 6.07) is 0. The summed E-state index contributed by atoms with van der Waals surface area (Å²) in [5.41, 5.74) is 0. The number of rotatable bonds is 7. The molecule has 0 bridgehead atoms. The van der Waals surface area contributed by atoms with Gasteiger partial charge in [0, 0.05) is 13.0 Å². The maximum absolute atomic E-state index is 11.5. The lowest BCUT2D eigenvalue weighted by Gasteiger charge is -2.09. The van der Waals surface area contributed by atoms with Crippen LogP contribution in [0.15, 0.2) is 0 Å². The van der Waals surface area contributed by atoms with E-state index in [0.717, 1.165) is 19.4 Å². The highest BCUT2D eigenvalue weighted by atomic mass is 127. The van der Waals surface area contributed by atoms with Crippen LogP contribution in [0.25, 0.3) is 0 Å². The second-order valence-electron chi connectivity index (χ2n) is 4.45. The van der Waals surface area contributed by atoms with Gasteiger partial charge in [0.25, 0.3) is 0 Å². The fraction of sp³-hybridized carbons (Fsp3) is 0.917. The van der Waals surface area contributed by atoms with E-state index in [2.05, 4.69) is 27.9 Å². The molecule has 0 heterocycles. The monoisotopic (exact) mass is 323 g/mol. The SMILES string of the molecule is O=C(CC1CCCC1)NCCCCCI. The second-order valence-corrected chi connectivity index (χ2v) is 5.53. The lowest BCUT2D eigenvalue weighted by Crippen LogP contribution is -2.25. The van der Waals surface area contributed by atoms with Crippen LogP contribution in [0.5, 0.6) is 0 Å². The molecule has 15 heavy (non-hydrogen) atoms. The van der Waals surface area contributed by atoms with E-state index in [1.165, 1.54) is 43.0 Å². The number of hydrogen-bond donors (Lipinski definition) is 1. The summed E-state index contributed by atoms with van der Waals surface area (Å²) in [7, 11) is 0. The van der Waals surface area contributed by atoms with Gasteiger partial charge in [0.2, 0.25) is 5.91 Å². The van der Waals surface area contributed by atoms with Crippen LogP contribution >= 0.6 is 22.6 Å². The lowest BCUT2D eigenvalue weighted by atomic mass is 10.0. The van der Waals surface area contributed by atoms with E-state index in [-0.39, 0.29) is 5.91 Å². The molecule has 0 aromatic carbocycles.